The van der Waals surface area contributed by atoms with Crippen molar-refractivity contribution in [3.63, 3.8) is 0 Å². The molecule has 0 spiro atoms. The van der Waals surface area contributed by atoms with Gasteiger partial charge in [-0.15, -0.1) is 0 Å². The number of aromatic nitrogens is 1. The molecule has 3 N–H and O–H groups in total. The van der Waals surface area contributed by atoms with Crippen LogP contribution in [0.15, 0.2) is 65.8 Å². The average Bonchev–Trinajstić information content (AvgIpc) is 2.99. The maximum atomic E-state index is 11.8. The molecular formula is C45H61N3O3. The topological polar surface area (TPSA) is 89.2 Å². The highest BCUT2D eigenvalue weighted by Gasteiger charge is 2.29. The summed E-state index contributed by atoms with van der Waals surface area (Å²) in [5.41, 5.74) is 8.18. The molecule has 0 saturated heterocycles. The minimum absolute atomic E-state index is 0.132. The zero-order valence-electron chi connectivity index (χ0n) is 33.4. The fourth-order valence-corrected chi connectivity index (χ4v) is 6.36. The van der Waals surface area contributed by atoms with Crippen LogP contribution in [0.1, 0.15) is 139 Å². The molecule has 0 amide bonds. The second-order valence-corrected chi connectivity index (χ2v) is 18.4. The lowest BCUT2D eigenvalue weighted by Crippen LogP contribution is -2.25. The lowest BCUT2D eigenvalue weighted by Gasteiger charge is -2.31. The van der Waals surface area contributed by atoms with Crippen LogP contribution in [0.5, 0.6) is 17.2 Å². The first-order valence-corrected chi connectivity index (χ1v) is 18.1. The first kappa shape index (κ1) is 39.6. The van der Waals surface area contributed by atoms with Crippen LogP contribution in [0.2, 0.25) is 0 Å². The standard InChI is InChI=1S/C45H61N3O3/c1-29-18-30(24-46-25-36-16-14-15-17-47-36)39(49)31(19-29)26-48(27-32-20-34(42(2,3)4)22-37(40(32)50)44(8,9)10)28-33-21-35(43(5,6)7)23-38(41(33)51)45(11,12)13/h14-24,49-51H,25-28H2,1-13H3. The van der Waals surface area contributed by atoms with Crippen LogP contribution in [0.25, 0.3) is 0 Å². The summed E-state index contributed by atoms with van der Waals surface area (Å²) in [4.78, 5) is 11.2. The van der Waals surface area contributed by atoms with E-state index in [1.165, 1.54) is 0 Å². The van der Waals surface area contributed by atoms with Crippen molar-refractivity contribution in [3.8, 4) is 17.2 Å². The Morgan fingerprint density at radius 1 is 0.608 bits per heavy atom. The van der Waals surface area contributed by atoms with Gasteiger partial charge < -0.3 is 15.3 Å². The molecular weight excluding hydrogens is 631 g/mol. The van der Waals surface area contributed by atoms with Crippen molar-refractivity contribution in [2.75, 3.05) is 0 Å². The van der Waals surface area contributed by atoms with Gasteiger partial charge in [-0.2, -0.15) is 0 Å². The second-order valence-electron chi connectivity index (χ2n) is 18.4. The Labute approximate surface area is 307 Å². The third-order valence-corrected chi connectivity index (χ3v) is 9.48. The quantitative estimate of drug-likeness (QED) is 0.152. The van der Waals surface area contributed by atoms with Crippen molar-refractivity contribution < 1.29 is 15.3 Å². The van der Waals surface area contributed by atoms with E-state index < -0.39 is 0 Å². The van der Waals surface area contributed by atoms with Gasteiger partial charge in [0, 0.05) is 54.3 Å². The lowest BCUT2D eigenvalue weighted by atomic mass is 9.78. The smallest absolute Gasteiger partial charge is 0.128 e. The maximum absolute atomic E-state index is 11.8. The van der Waals surface area contributed by atoms with E-state index in [1.807, 2.05) is 37.3 Å². The van der Waals surface area contributed by atoms with Crippen molar-refractivity contribution in [1.29, 1.82) is 0 Å². The van der Waals surface area contributed by atoms with E-state index in [4.69, 9.17) is 0 Å². The molecule has 0 atom stereocenters. The van der Waals surface area contributed by atoms with Gasteiger partial charge in [0.1, 0.15) is 17.2 Å². The molecule has 1 heterocycles. The predicted octanol–water partition coefficient (Wildman–Crippen LogP) is 10.5. The van der Waals surface area contributed by atoms with Crippen LogP contribution in [-0.4, -0.2) is 31.4 Å². The van der Waals surface area contributed by atoms with E-state index in [-0.39, 0.29) is 27.4 Å². The first-order valence-electron chi connectivity index (χ1n) is 18.1. The van der Waals surface area contributed by atoms with E-state index in [2.05, 4.69) is 122 Å². The Balaban J connectivity index is 1.87. The molecule has 6 heteroatoms. The number of nitrogens with zero attached hydrogens (tertiary/aromatic N) is 3. The molecule has 0 aliphatic heterocycles. The minimum atomic E-state index is -0.274. The number of aromatic hydroxyl groups is 3. The lowest BCUT2D eigenvalue weighted by molar-refractivity contribution is 0.236. The van der Waals surface area contributed by atoms with Gasteiger partial charge in [0.15, 0.2) is 0 Å². The van der Waals surface area contributed by atoms with Gasteiger partial charge in [0.25, 0.3) is 0 Å². The molecule has 4 aromatic rings. The number of pyridine rings is 1. The molecule has 0 saturated carbocycles. The summed E-state index contributed by atoms with van der Waals surface area (Å²) >= 11 is 0. The number of phenolic OH excluding ortho intramolecular Hbond substituents is 3. The van der Waals surface area contributed by atoms with Gasteiger partial charge >= 0.3 is 0 Å². The molecule has 4 rings (SSSR count). The van der Waals surface area contributed by atoms with Gasteiger partial charge in [0.2, 0.25) is 0 Å². The fraction of sp³-hybridized carbons (Fsp3) is 0.467. The van der Waals surface area contributed by atoms with E-state index in [1.54, 1.807) is 12.4 Å². The fourth-order valence-electron chi connectivity index (χ4n) is 6.36. The van der Waals surface area contributed by atoms with E-state index in [0.717, 1.165) is 50.2 Å². The average molecular weight is 692 g/mol. The summed E-state index contributed by atoms with van der Waals surface area (Å²) < 4.78 is 0. The summed E-state index contributed by atoms with van der Waals surface area (Å²) in [5.74, 6) is 0.750. The van der Waals surface area contributed by atoms with E-state index in [9.17, 15) is 15.3 Å². The molecule has 0 fully saturated rings. The summed E-state index contributed by atoms with van der Waals surface area (Å²) in [6.45, 7) is 29.5. The summed E-state index contributed by atoms with van der Waals surface area (Å²) in [5, 5.41) is 35.3. The molecule has 51 heavy (non-hydrogen) atoms. The Morgan fingerprint density at radius 3 is 1.49 bits per heavy atom. The number of benzene rings is 3. The zero-order chi connectivity index (χ0) is 38.1. The van der Waals surface area contributed by atoms with E-state index in [0.29, 0.717) is 43.2 Å². The van der Waals surface area contributed by atoms with Crippen LogP contribution >= 0.6 is 0 Å². The van der Waals surface area contributed by atoms with Crippen LogP contribution < -0.4 is 0 Å². The third kappa shape index (κ3) is 10.0. The van der Waals surface area contributed by atoms with Crippen LogP contribution in [-0.2, 0) is 47.8 Å². The molecule has 0 aliphatic carbocycles. The van der Waals surface area contributed by atoms with Gasteiger partial charge in [-0.1, -0.05) is 119 Å². The van der Waals surface area contributed by atoms with E-state index >= 15 is 0 Å². The molecule has 0 unspecified atom stereocenters. The molecule has 0 bridgehead atoms. The van der Waals surface area contributed by atoms with Crippen LogP contribution in [0, 0.1) is 6.92 Å². The van der Waals surface area contributed by atoms with Crippen molar-refractivity contribution in [2.24, 2.45) is 4.99 Å². The minimum Gasteiger partial charge on any atom is -0.507 e. The SMILES string of the molecule is Cc1cc(C=NCc2ccccn2)c(O)c(CN(Cc2cc(C(C)(C)C)cc(C(C)(C)C)c2O)Cc2cc(C(C)(C)C)cc(C(C)(C)C)c2O)c1. The van der Waals surface area contributed by atoms with Crippen LogP contribution in [0.3, 0.4) is 0 Å². The second kappa shape index (κ2) is 14.8. The maximum Gasteiger partial charge on any atom is 0.128 e. The number of aliphatic imine (C=N–C) groups is 1. The van der Waals surface area contributed by atoms with Crippen molar-refractivity contribution in [3.05, 3.63) is 117 Å². The van der Waals surface area contributed by atoms with Gasteiger partial charge in [-0.05, 0) is 74.6 Å². The summed E-state index contributed by atoms with van der Waals surface area (Å²) in [6, 6.07) is 18.2. The molecule has 6 nitrogen and oxygen atoms in total. The predicted molar refractivity (Wildman–Crippen MR) is 212 cm³/mol. The Morgan fingerprint density at radius 2 is 1.08 bits per heavy atom. The highest BCUT2D eigenvalue weighted by molar-refractivity contribution is 5.84. The number of rotatable bonds is 9. The molecule has 0 radical (unpaired) electrons. The van der Waals surface area contributed by atoms with Gasteiger partial charge in [-0.25, -0.2) is 0 Å². The summed E-state index contributed by atoms with van der Waals surface area (Å²) in [7, 11) is 0. The van der Waals surface area contributed by atoms with Gasteiger partial charge in [0.05, 0.1) is 12.2 Å². The van der Waals surface area contributed by atoms with Crippen LogP contribution in [0.4, 0.5) is 0 Å². The van der Waals surface area contributed by atoms with Crippen molar-refractivity contribution in [1.82, 2.24) is 9.88 Å². The molecule has 0 aliphatic rings. The number of phenols is 3. The van der Waals surface area contributed by atoms with Gasteiger partial charge in [-0.3, -0.25) is 14.9 Å². The normalized spacial score (nSPS) is 13.1. The van der Waals surface area contributed by atoms with Crippen molar-refractivity contribution in [2.45, 2.75) is 138 Å². The first-order chi connectivity index (χ1) is 23.4. The highest BCUT2D eigenvalue weighted by atomic mass is 16.3. The number of aryl methyl sites for hydroxylation is 1. The Bertz CT molecular complexity index is 1780. The zero-order valence-corrected chi connectivity index (χ0v) is 33.4. The third-order valence-electron chi connectivity index (χ3n) is 9.48. The largest absolute Gasteiger partial charge is 0.507 e. The summed E-state index contributed by atoms with van der Waals surface area (Å²) in [6.07, 6.45) is 3.47. The monoisotopic (exact) mass is 691 g/mol. The Kier molecular flexibility index (Phi) is 11.5. The number of hydrogen-bond donors (Lipinski definition) is 3. The molecule has 274 valence electrons. The highest BCUT2D eigenvalue weighted by Crippen LogP contribution is 2.41. The molecule has 1 aromatic heterocycles. The Hall–Kier alpha value is -4.16. The van der Waals surface area contributed by atoms with Crippen molar-refractivity contribution >= 4 is 6.21 Å². The number of hydrogen-bond acceptors (Lipinski definition) is 6. The molecule has 3 aromatic carbocycles.